The largest absolute Gasteiger partial charge is 0.359 e. The number of nitrogens with zero attached hydrogens (tertiary/aromatic N) is 1. The van der Waals surface area contributed by atoms with Crippen molar-refractivity contribution >= 4 is 16.9 Å². The van der Waals surface area contributed by atoms with Crippen molar-refractivity contribution < 1.29 is 0 Å². The molecule has 4 rings (SSSR count). The van der Waals surface area contributed by atoms with Gasteiger partial charge in [0.15, 0.2) is 5.17 Å². The zero-order valence-electron chi connectivity index (χ0n) is 11.2. The van der Waals surface area contributed by atoms with E-state index in [1.807, 2.05) is 11.8 Å². The number of nitrogens with one attached hydrogen (secondary N) is 1. The van der Waals surface area contributed by atoms with Crippen LogP contribution in [0, 0.1) is 17.8 Å². The average molecular weight is 264 g/mol. The van der Waals surface area contributed by atoms with Crippen molar-refractivity contribution in [2.24, 2.45) is 22.7 Å². The van der Waals surface area contributed by atoms with Gasteiger partial charge in [-0.3, -0.25) is 4.99 Å². The SMILES string of the molecule is C1CCC2(C1)CSC(=NCC(C1CC1)C1CC1)N2. The highest BCUT2D eigenvalue weighted by Gasteiger charge is 2.42. The Kier molecular flexibility index (Phi) is 2.86. The molecule has 0 bridgehead atoms. The highest BCUT2D eigenvalue weighted by molar-refractivity contribution is 8.14. The lowest BCUT2D eigenvalue weighted by Gasteiger charge is -2.22. The van der Waals surface area contributed by atoms with Crippen molar-refractivity contribution in [3.63, 3.8) is 0 Å². The summed E-state index contributed by atoms with van der Waals surface area (Å²) in [6, 6.07) is 0. The maximum atomic E-state index is 4.93. The summed E-state index contributed by atoms with van der Waals surface area (Å²) >= 11 is 1.98. The second-order valence-corrected chi connectivity index (χ2v) is 7.85. The lowest BCUT2D eigenvalue weighted by molar-refractivity contribution is 0.415. The molecule has 4 aliphatic rings. The van der Waals surface area contributed by atoms with E-state index in [9.17, 15) is 0 Å². The van der Waals surface area contributed by atoms with E-state index in [0.717, 1.165) is 24.3 Å². The first-order valence-corrected chi connectivity index (χ1v) is 8.79. The van der Waals surface area contributed by atoms with Crippen LogP contribution in [0.3, 0.4) is 0 Å². The van der Waals surface area contributed by atoms with E-state index in [2.05, 4.69) is 5.32 Å². The highest BCUT2D eigenvalue weighted by Crippen LogP contribution is 2.49. The van der Waals surface area contributed by atoms with Gasteiger partial charge in [-0.2, -0.15) is 0 Å². The van der Waals surface area contributed by atoms with Crippen LogP contribution >= 0.6 is 11.8 Å². The average Bonchev–Trinajstić information content (AvgIpc) is 3.31. The molecule has 1 spiro atoms. The maximum absolute atomic E-state index is 4.93. The van der Waals surface area contributed by atoms with Crippen LogP contribution in [0.4, 0.5) is 0 Å². The third-order valence-electron chi connectivity index (χ3n) is 5.32. The van der Waals surface area contributed by atoms with Gasteiger partial charge in [0.1, 0.15) is 0 Å². The van der Waals surface area contributed by atoms with Crippen LogP contribution in [0.5, 0.6) is 0 Å². The molecule has 4 fully saturated rings. The van der Waals surface area contributed by atoms with Gasteiger partial charge in [-0.1, -0.05) is 24.6 Å². The summed E-state index contributed by atoms with van der Waals surface area (Å²) in [7, 11) is 0. The number of aliphatic imine (C=N–C) groups is 1. The highest BCUT2D eigenvalue weighted by atomic mass is 32.2. The molecule has 0 amide bonds. The van der Waals surface area contributed by atoms with E-state index in [0.29, 0.717) is 5.54 Å². The van der Waals surface area contributed by atoms with E-state index >= 15 is 0 Å². The summed E-state index contributed by atoms with van der Waals surface area (Å²) in [6.07, 6.45) is 11.5. The molecule has 0 aromatic heterocycles. The Balaban J connectivity index is 1.36. The van der Waals surface area contributed by atoms with Gasteiger partial charge in [0.05, 0.1) is 0 Å². The molecule has 1 heterocycles. The van der Waals surface area contributed by atoms with Crippen LogP contribution in [-0.2, 0) is 0 Å². The van der Waals surface area contributed by atoms with Gasteiger partial charge in [-0.05, 0) is 56.3 Å². The van der Waals surface area contributed by atoms with Gasteiger partial charge in [-0.25, -0.2) is 0 Å². The van der Waals surface area contributed by atoms with Crippen LogP contribution in [-0.4, -0.2) is 23.0 Å². The Labute approximate surface area is 114 Å². The molecule has 1 aliphatic heterocycles. The van der Waals surface area contributed by atoms with Crippen molar-refractivity contribution in [2.75, 3.05) is 12.3 Å². The first-order chi connectivity index (χ1) is 8.85. The van der Waals surface area contributed by atoms with E-state index in [4.69, 9.17) is 4.99 Å². The number of rotatable bonds is 4. The quantitative estimate of drug-likeness (QED) is 0.841. The normalized spacial score (nSPS) is 32.6. The predicted octanol–water partition coefficient (Wildman–Crippen LogP) is 3.43. The topological polar surface area (TPSA) is 24.4 Å². The minimum absolute atomic E-state index is 0.443. The monoisotopic (exact) mass is 264 g/mol. The standard InChI is InChI=1S/C15H24N2S/c1-2-8-15(7-1)10-18-14(17-15)16-9-13(11-3-4-11)12-5-6-12/h11-13H,1-10H2,(H,16,17). The summed E-state index contributed by atoms with van der Waals surface area (Å²) in [5.41, 5.74) is 0.443. The van der Waals surface area contributed by atoms with Crippen molar-refractivity contribution in [2.45, 2.75) is 56.9 Å². The molecule has 0 aromatic carbocycles. The molecule has 100 valence electrons. The van der Waals surface area contributed by atoms with Crippen LogP contribution in [0.1, 0.15) is 51.4 Å². The molecular formula is C15H24N2S. The van der Waals surface area contributed by atoms with Crippen molar-refractivity contribution in [1.82, 2.24) is 5.32 Å². The molecule has 1 N–H and O–H groups in total. The van der Waals surface area contributed by atoms with Crippen molar-refractivity contribution in [3.8, 4) is 0 Å². The molecule has 0 unspecified atom stereocenters. The maximum Gasteiger partial charge on any atom is 0.157 e. The molecule has 1 saturated heterocycles. The molecular weight excluding hydrogens is 240 g/mol. The fraction of sp³-hybridized carbons (Fsp3) is 0.933. The van der Waals surface area contributed by atoms with Gasteiger partial charge >= 0.3 is 0 Å². The minimum Gasteiger partial charge on any atom is -0.359 e. The zero-order valence-corrected chi connectivity index (χ0v) is 12.0. The zero-order chi connectivity index (χ0) is 12.0. The molecule has 0 radical (unpaired) electrons. The molecule has 2 nitrogen and oxygen atoms in total. The molecule has 0 aromatic rings. The van der Waals surface area contributed by atoms with Crippen LogP contribution in [0.25, 0.3) is 0 Å². The smallest absolute Gasteiger partial charge is 0.157 e. The van der Waals surface area contributed by atoms with E-state index in [1.165, 1.54) is 62.3 Å². The number of hydrogen-bond acceptors (Lipinski definition) is 2. The van der Waals surface area contributed by atoms with E-state index in [1.54, 1.807) is 0 Å². The van der Waals surface area contributed by atoms with Crippen LogP contribution in [0.2, 0.25) is 0 Å². The van der Waals surface area contributed by atoms with Crippen molar-refractivity contribution in [1.29, 1.82) is 0 Å². The van der Waals surface area contributed by atoms with Crippen LogP contribution < -0.4 is 5.32 Å². The summed E-state index contributed by atoms with van der Waals surface area (Å²) in [5, 5.41) is 5.02. The Morgan fingerprint density at radius 1 is 1.17 bits per heavy atom. The second kappa shape index (κ2) is 4.43. The van der Waals surface area contributed by atoms with Gasteiger partial charge in [0, 0.05) is 17.8 Å². The molecule has 0 atom stereocenters. The predicted molar refractivity (Wildman–Crippen MR) is 78.0 cm³/mol. The summed E-state index contributed by atoms with van der Waals surface area (Å²) < 4.78 is 0. The second-order valence-electron chi connectivity index (χ2n) is 6.89. The summed E-state index contributed by atoms with van der Waals surface area (Å²) in [4.78, 5) is 4.93. The Morgan fingerprint density at radius 3 is 2.44 bits per heavy atom. The van der Waals surface area contributed by atoms with Crippen LogP contribution in [0.15, 0.2) is 4.99 Å². The van der Waals surface area contributed by atoms with E-state index < -0.39 is 0 Å². The first-order valence-electron chi connectivity index (χ1n) is 7.80. The molecule has 3 saturated carbocycles. The lowest BCUT2D eigenvalue weighted by Crippen LogP contribution is -2.40. The first kappa shape index (κ1) is 11.6. The van der Waals surface area contributed by atoms with Gasteiger partial charge in [0.2, 0.25) is 0 Å². The number of thioether (sulfide) groups is 1. The third kappa shape index (κ3) is 2.31. The minimum atomic E-state index is 0.443. The third-order valence-corrected chi connectivity index (χ3v) is 6.52. The lowest BCUT2D eigenvalue weighted by atomic mass is 9.98. The van der Waals surface area contributed by atoms with Crippen molar-refractivity contribution in [3.05, 3.63) is 0 Å². The Hall–Kier alpha value is -0.180. The fourth-order valence-electron chi connectivity index (χ4n) is 3.83. The number of hydrogen-bond donors (Lipinski definition) is 1. The summed E-state index contributed by atoms with van der Waals surface area (Å²) in [6.45, 7) is 1.11. The van der Waals surface area contributed by atoms with E-state index in [-0.39, 0.29) is 0 Å². The fourth-order valence-corrected chi connectivity index (χ4v) is 5.06. The Morgan fingerprint density at radius 2 is 1.83 bits per heavy atom. The molecule has 3 aliphatic carbocycles. The van der Waals surface area contributed by atoms with Gasteiger partial charge in [-0.15, -0.1) is 0 Å². The Bertz CT molecular complexity index is 340. The molecule has 18 heavy (non-hydrogen) atoms. The number of amidine groups is 1. The summed E-state index contributed by atoms with van der Waals surface area (Å²) in [5.74, 6) is 4.27. The van der Waals surface area contributed by atoms with Gasteiger partial charge < -0.3 is 5.32 Å². The van der Waals surface area contributed by atoms with Gasteiger partial charge in [0.25, 0.3) is 0 Å². The molecule has 3 heteroatoms.